The van der Waals surface area contributed by atoms with E-state index in [4.69, 9.17) is 4.43 Å². The maximum absolute atomic E-state index is 6.29. The molecule has 1 aromatic carbocycles. The second kappa shape index (κ2) is 5.03. The monoisotopic (exact) mass is 280 g/mol. The molecule has 0 amide bonds. The van der Waals surface area contributed by atoms with Crippen molar-refractivity contribution in [1.29, 1.82) is 0 Å². The maximum Gasteiger partial charge on any atom is 0.192 e. The lowest BCUT2D eigenvalue weighted by atomic mass is 10.1. The zero-order chi connectivity index (χ0) is 13.4. The molecule has 0 saturated carbocycles. The van der Waals surface area contributed by atoms with Crippen LogP contribution in [0.1, 0.15) is 31.6 Å². The van der Waals surface area contributed by atoms with E-state index < -0.39 is 8.32 Å². The molecule has 18 heavy (non-hydrogen) atoms. The van der Waals surface area contributed by atoms with E-state index in [-0.39, 0.29) is 0 Å². The lowest BCUT2D eigenvalue weighted by molar-refractivity contribution is 0.294. The van der Waals surface area contributed by atoms with Crippen LogP contribution < -0.4 is 0 Å². The topological polar surface area (TPSA) is 9.23 Å². The fraction of sp³-hybridized carbons (Fsp3) is 0.600. The van der Waals surface area contributed by atoms with Crippen molar-refractivity contribution in [3.8, 4) is 0 Å². The van der Waals surface area contributed by atoms with E-state index in [1.54, 1.807) is 0 Å². The van der Waals surface area contributed by atoms with Crippen LogP contribution in [0.4, 0.5) is 0 Å². The van der Waals surface area contributed by atoms with Crippen molar-refractivity contribution in [3.63, 3.8) is 0 Å². The van der Waals surface area contributed by atoms with Gasteiger partial charge in [-0.25, -0.2) is 0 Å². The number of rotatable bonds is 4. The fourth-order valence-electron chi connectivity index (χ4n) is 1.71. The molecule has 0 N–H and O–H groups in total. The van der Waals surface area contributed by atoms with Gasteiger partial charge >= 0.3 is 0 Å². The molecule has 0 spiro atoms. The standard InChI is InChI=1S/C15H24OSSi/c1-15(2,3)18(4,5)16-11-13-14(17-13)12-9-7-6-8-10-12/h6-10,13-14H,11H2,1-5H3/t13-,14-/m0/s1. The molecule has 1 aliphatic rings. The van der Waals surface area contributed by atoms with Crippen molar-refractivity contribution >= 4 is 20.1 Å². The van der Waals surface area contributed by atoms with Crippen LogP contribution in [0.25, 0.3) is 0 Å². The smallest absolute Gasteiger partial charge is 0.192 e. The van der Waals surface area contributed by atoms with Gasteiger partial charge in [0, 0.05) is 17.1 Å². The number of hydrogen-bond donors (Lipinski definition) is 0. The second-order valence-corrected chi connectivity index (χ2v) is 12.8. The molecule has 1 heterocycles. The van der Waals surface area contributed by atoms with E-state index >= 15 is 0 Å². The van der Waals surface area contributed by atoms with Crippen LogP contribution in [0, 0.1) is 0 Å². The summed E-state index contributed by atoms with van der Waals surface area (Å²) in [7, 11) is -1.57. The van der Waals surface area contributed by atoms with Crippen molar-refractivity contribution in [3.05, 3.63) is 35.9 Å². The third kappa shape index (κ3) is 3.19. The minimum absolute atomic E-state index is 0.314. The Morgan fingerprint density at radius 1 is 1.17 bits per heavy atom. The Hall–Kier alpha value is -0.253. The normalized spacial score (nSPS) is 24.1. The molecule has 1 nitrogen and oxygen atoms in total. The molecular formula is C15H24OSSi. The summed E-state index contributed by atoms with van der Waals surface area (Å²) < 4.78 is 6.29. The van der Waals surface area contributed by atoms with Crippen LogP contribution >= 0.6 is 11.8 Å². The van der Waals surface area contributed by atoms with Gasteiger partial charge in [0.2, 0.25) is 0 Å². The van der Waals surface area contributed by atoms with E-state index in [1.165, 1.54) is 5.56 Å². The predicted molar refractivity (Wildman–Crippen MR) is 83.7 cm³/mol. The SMILES string of the molecule is CC(C)(C)[Si](C)(C)OC[C@@H]1S[C@H]1c1ccccc1. The van der Waals surface area contributed by atoms with E-state index in [9.17, 15) is 0 Å². The van der Waals surface area contributed by atoms with Crippen LogP contribution in [0.3, 0.4) is 0 Å². The first-order chi connectivity index (χ1) is 8.31. The summed E-state index contributed by atoms with van der Waals surface area (Å²) in [6.45, 7) is 12.5. The summed E-state index contributed by atoms with van der Waals surface area (Å²) in [5, 5.41) is 1.65. The molecule has 3 heteroatoms. The summed E-state index contributed by atoms with van der Waals surface area (Å²) in [4.78, 5) is 0. The highest BCUT2D eigenvalue weighted by molar-refractivity contribution is 8.07. The number of hydrogen-bond acceptors (Lipinski definition) is 2. The largest absolute Gasteiger partial charge is 0.416 e. The maximum atomic E-state index is 6.29. The third-order valence-corrected chi connectivity index (χ3v) is 9.96. The van der Waals surface area contributed by atoms with Crippen LogP contribution in [0.15, 0.2) is 30.3 Å². The predicted octanol–water partition coefficient (Wildman–Crippen LogP) is 4.86. The Labute approximate surface area is 116 Å². The van der Waals surface area contributed by atoms with Gasteiger partial charge in [0.15, 0.2) is 8.32 Å². The quantitative estimate of drug-likeness (QED) is 0.575. The van der Waals surface area contributed by atoms with Gasteiger partial charge in [0.05, 0.1) is 0 Å². The van der Waals surface area contributed by atoms with Gasteiger partial charge in [-0.1, -0.05) is 51.1 Å². The zero-order valence-corrected chi connectivity index (χ0v) is 13.9. The van der Waals surface area contributed by atoms with Crippen molar-refractivity contribution < 1.29 is 4.43 Å². The minimum atomic E-state index is -1.57. The molecule has 2 atom stereocenters. The first kappa shape index (κ1) is 14.2. The third-order valence-electron chi connectivity index (χ3n) is 4.13. The molecule has 0 aromatic heterocycles. The summed E-state index contributed by atoms with van der Waals surface area (Å²) in [6, 6.07) is 10.8. The Balaban J connectivity index is 1.85. The molecule has 1 fully saturated rings. The van der Waals surface area contributed by atoms with Gasteiger partial charge in [-0.05, 0) is 23.7 Å². The van der Waals surface area contributed by atoms with Gasteiger partial charge in [-0.3, -0.25) is 0 Å². The minimum Gasteiger partial charge on any atom is -0.416 e. The Morgan fingerprint density at radius 3 is 2.33 bits per heavy atom. The van der Waals surface area contributed by atoms with Crippen molar-refractivity contribution in [2.45, 2.75) is 49.4 Å². The van der Waals surface area contributed by atoms with Crippen LogP contribution in [0.2, 0.25) is 18.1 Å². The first-order valence-corrected chi connectivity index (χ1v) is 10.5. The molecular weight excluding hydrogens is 256 g/mol. The lowest BCUT2D eigenvalue weighted by Crippen LogP contribution is -2.41. The van der Waals surface area contributed by atoms with E-state index in [0.717, 1.165) is 6.61 Å². The molecule has 1 saturated heterocycles. The molecule has 0 aliphatic carbocycles. The fourth-order valence-corrected chi connectivity index (χ4v) is 3.85. The summed E-state index contributed by atoms with van der Waals surface area (Å²) in [5.74, 6) is 0. The molecule has 0 radical (unpaired) electrons. The van der Waals surface area contributed by atoms with Crippen molar-refractivity contribution in [1.82, 2.24) is 0 Å². The van der Waals surface area contributed by atoms with E-state index in [2.05, 4.69) is 64.2 Å². The highest BCUT2D eigenvalue weighted by Crippen LogP contribution is 2.55. The van der Waals surface area contributed by atoms with Gasteiger partial charge < -0.3 is 4.43 Å². The number of benzene rings is 1. The van der Waals surface area contributed by atoms with E-state index in [1.807, 2.05) is 11.8 Å². The van der Waals surface area contributed by atoms with Crippen molar-refractivity contribution in [2.75, 3.05) is 6.61 Å². The van der Waals surface area contributed by atoms with Gasteiger partial charge in [-0.15, -0.1) is 11.8 Å². The van der Waals surface area contributed by atoms with Crippen molar-refractivity contribution in [2.24, 2.45) is 0 Å². The average molecular weight is 281 g/mol. The first-order valence-electron chi connectivity index (χ1n) is 6.66. The molecule has 100 valence electrons. The molecule has 1 aliphatic heterocycles. The highest BCUT2D eigenvalue weighted by Gasteiger charge is 2.43. The van der Waals surface area contributed by atoms with Crippen LogP contribution in [-0.2, 0) is 4.43 Å². The van der Waals surface area contributed by atoms with Crippen LogP contribution in [0.5, 0.6) is 0 Å². The Bertz CT molecular complexity index is 397. The average Bonchev–Trinajstić information content (AvgIpc) is 3.06. The summed E-state index contributed by atoms with van der Waals surface area (Å²) >= 11 is 2.04. The van der Waals surface area contributed by atoms with Gasteiger partial charge in [0.1, 0.15) is 0 Å². The van der Waals surface area contributed by atoms with E-state index in [0.29, 0.717) is 15.5 Å². The molecule has 1 aromatic rings. The molecule has 0 unspecified atom stereocenters. The van der Waals surface area contributed by atoms with Gasteiger partial charge in [-0.2, -0.15) is 0 Å². The second-order valence-electron chi connectivity index (χ2n) is 6.58. The summed E-state index contributed by atoms with van der Waals surface area (Å²) in [6.07, 6.45) is 0. The van der Waals surface area contributed by atoms with Crippen LogP contribution in [-0.4, -0.2) is 20.2 Å². The lowest BCUT2D eigenvalue weighted by Gasteiger charge is -2.36. The molecule has 2 rings (SSSR count). The molecule has 0 bridgehead atoms. The number of thioether (sulfide) groups is 1. The van der Waals surface area contributed by atoms with Gasteiger partial charge in [0.25, 0.3) is 0 Å². The highest BCUT2D eigenvalue weighted by atomic mass is 32.2. The Morgan fingerprint density at radius 2 is 1.78 bits per heavy atom. The summed E-state index contributed by atoms with van der Waals surface area (Å²) in [5.41, 5.74) is 1.45. The Kier molecular flexibility index (Phi) is 3.95. The zero-order valence-electron chi connectivity index (χ0n) is 12.1.